The number of aromatic nitrogens is 2. The molecule has 19 heavy (non-hydrogen) atoms. The Kier molecular flexibility index (Phi) is 4.90. The highest BCUT2D eigenvalue weighted by Crippen LogP contribution is 2.24. The van der Waals surface area contributed by atoms with Gasteiger partial charge in [0.2, 0.25) is 0 Å². The molecule has 0 aliphatic carbocycles. The van der Waals surface area contributed by atoms with Crippen LogP contribution in [0.15, 0.2) is 12.4 Å². The van der Waals surface area contributed by atoms with Crippen LogP contribution >= 0.6 is 0 Å². The van der Waals surface area contributed by atoms with E-state index in [1.165, 1.54) is 6.20 Å². The molecule has 0 saturated carbocycles. The summed E-state index contributed by atoms with van der Waals surface area (Å²) >= 11 is 0. The van der Waals surface area contributed by atoms with E-state index < -0.39 is 17.7 Å². The molecule has 0 aliphatic rings. The van der Waals surface area contributed by atoms with Crippen molar-refractivity contribution in [2.75, 3.05) is 6.61 Å². The smallest absolute Gasteiger partial charge is 0.434 e. The van der Waals surface area contributed by atoms with Gasteiger partial charge in [0, 0.05) is 25.4 Å². The van der Waals surface area contributed by atoms with Crippen molar-refractivity contribution in [3.05, 3.63) is 18.0 Å². The second-order valence-electron chi connectivity index (χ2n) is 5.30. The van der Waals surface area contributed by atoms with Gasteiger partial charge in [-0.05, 0) is 27.2 Å². The average molecular weight is 271 g/mol. The van der Waals surface area contributed by atoms with Crippen molar-refractivity contribution >= 4 is 6.09 Å². The van der Waals surface area contributed by atoms with E-state index in [9.17, 15) is 10.0 Å². The van der Waals surface area contributed by atoms with E-state index in [1.807, 2.05) is 0 Å². The van der Waals surface area contributed by atoms with E-state index in [4.69, 9.17) is 9.84 Å². The van der Waals surface area contributed by atoms with Crippen LogP contribution in [0.4, 0.5) is 4.79 Å². The molecular formula is C12H21N3O4. The zero-order valence-corrected chi connectivity index (χ0v) is 11.7. The summed E-state index contributed by atoms with van der Waals surface area (Å²) in [6, 6.07) is -0.687. The maximum atomic E-state index is 11.8. The number of carbonyl (C=O) groups excluding carboxylic acids is 1. The molecule has 0 aromatic carbocycles. The molecule has 1 aromatic heterocycles. The number of amides is 1. The third-order valence-corrected chi connectivity index (χ3v) is 2.39. The third kappa shape index (κ3) is 4.53. The molecule has 2 N–H and O–H groups in total. The van der Waals surface area contributed by atoms with Gasteiger partial charge in [0.1, 0.15) is 5.60 Å². The van der Waals surface area contributed by atoms with Gasteiger partial charge in [0.25, 0.3) is 0 Å². The van der Waals surface area contributed by atoms with E-state index in [0.29, 0.717) is 10.6 Å². The van der Waals surface area contributed by atoms with Gasteiger partial charge in [-0.1, -0.05) is 0 Å². The van der Waals surface area contributed by atoms with Gasteiger partial charge >= 0.3 is 6.09 Å². The van der Waals surface area contributed by atoms with Gasteiger partial charge in [-0.2, -0.15) is 10.2 Å². The van der Waals surface area contributed by atoms with Crippen molar-refractivity contribution in [3.8, 4) is 0 Å². The number of rotatable bonds is 4. The zero-order chi connectivity index (χ0) is 14.6. The number of aliphatic hydroxyl groups excluding tert-OH is 1. The lowest BCUT2D eigenvalue weighted by Crippen LogP contribution is -2.37. The summed E-state index contributed by atoms with van der Waals surface area (Å²) in [5, 5.41) is 23.5. The van der Waals surface area contributed by atoms with Crippen molar-refractivity contribution < 1.29 is 19.8 Å². The molecule has 0 aliphatic heterocycles. The first-order valence-electron chi connectivity index (χ1n) is 6.05. The van der Waals surface area contributed by atoms with Gasteiger partial charge in [-0.3, -0.25) is 9.89 Å². The summed E-state index contributed by atoms with van der Waals surface area (Å²) in [6.07, 6.45) is 2.55. The molecule has 1 unspecified atom stereocenters. The summed E-state index contributed by atoms with van der Waals surface area (Å²) in [6.45, 7) is 4.97. The average Bonchev–Trinajstić information content (AvgIpc) is 2.69. The molecule has 1 aromatic rings. The van der Waals surface area contributed by atoms with E-state index in [2.05, 4.69) is 5.10 Å². The third-order valence-electron chi connectivity index (χ3n) is 2.39. The lowest BCUT2D eigenvalue weighted by molar-refractivity contribution is -0.125. The topological polar surface area (TPSA) is 87.8 Å². The van der Waals surface area contributed by atoms with Gasteiger partial charge < -0.3 is 9.84 Å². The lowest BCUT2D eigenvalue weighted by atomic mass is 10.1. The summed E-state index contributed by atoms with van der Waals surface area (Å²) in [7, 11) is 1.73. The molecule has 0 saturated heterocycles. The summed E-state index contributed by atoms with van der Waals surface area (Å²) in [5.41, 5.74) is -0.0681. The lowest BCUT2D eigenvalue weighted by Gasteiger charge is -2.28. The Balaban J connectivity index is 2.84. The standard InChI is InChI=1S/C12H21N3O4/c1-12(2,3)19-11(17)15(18)10(5-6-16)9-7-13-14(4)8-9/h7-8,10,16,18H,5-6H2,1-4H3. The Morgan fingerprint density at radius 3 is 2.63 bits per heavy atom. The molecule has 108 valence electrons. The number of aliphatic hydroxyl groups is 1. The normalized spacial score (nSPS) is 13.2. The highest BCUT2D eigenvalue weighted by atomic mass is 16.6. The quantitative estimate of drug-likeness (QED) is 0.639. The fourth-order valence-electron chi connectivity index (χ4n) is 1.60. The number of hydroxylamine groups is 2. The molecule has 1 amide bonds. The molecule has 7 heteroatoms. The first kappa shape index (κ1) is 15.5. The van der Waals surface area contributed by atoms with Crippen LogP contribution in [0.5, 0.6) is 0 Å². The van der Waals surface area contributed by atoms with Crippen molar-refractivity contribution in [2.24, 2.45) is 7.05 Å². The fraction of sp³-hybridized carbons (Fsp3) is 0.667. The number of aryl methyl sites for hydroxylation is 1. The SMILES string of the molecule is Cn1cc(C(CCO)N(O)C(=O)OC(C)(C)C)cn1. The Hall–Kier alpha value is -1.60. The van der Waals surface area contributed by atoms with Gasteiger partial charge in [0.05, 0.1) is 12.2 Å². The highest BCUT2D eigenvalue weighted by molar-refractivity contribution is 5.67. The maximum absolute atomic E-state index is 11.8. The van der Waals surface area contributed by atoms with E-state index >= 15 is 0 Å². The Morgan fingerprint density at radius 2 is 2.21 bits per heavy atom. The Labute approximate surface area is 112 Å². The predicted octanol–water partition coefficient (Wildman–Crippen LogP) is 1.47. The second kappa shape index (κ2) is 6.03. The van der Waals surface area contributed by atoms with Crippen molar-refractivity contribution in [2.45, 2.75) is 38.8 Å². The molecule has 0 fully saturated rings. The molecular weight excluding hydrogens is 250 g/mol. The summed E-state index contributed by atoms with van der Waals surface area (Å²) < 4.78 is 6.64. The molecule has 1 heterocycles. The minimum absolute atomic E-state index is 0.167. The van der Waals surface area contributed by atoms with Gasteiger partial charge in [0.15, 0.2) is 0 Å². The highest BCUT2D eigenvalue weighted by Gasteiger charge is 2.28. The number of hydrogen-bond acceptors (Lipinski definition) is 5. The first-order chi connectivity index (χ1) is 8.74. The number of carbonyl (C=O) groups is 1. The van der Waals surface area contributed by atoms with Crippen LogP contribution in [0.1, 0.15) is 38.8 Å². The fourth-order valence-corrected chi connectivity index (χ4v) is 1.60. The van der Waals surface area contributed by atoms with Crippen LogP contribution in [0.3, 0.4) is 0 Å². The number of hydrogen-bond donors (Lipinski definition) is 2. The van der Waals surface area contributed by atoms with E-state index in [0.717, 1.165) is 0 Å². The minimum atomic E-state index is -0.852. The largest absolute Gasteiger partial charge is 0.442 e. The molecule has 1 rings (SSSR count). The maximum Gasteiger partial charge on any atom is 0.434 e. The van der Waals surface area contributed by atoms with Crippen LogP contribution < -0.4 is 0 Å². The van der Waals surface area contributed by atoms with Crippen molar-refractivity contribution in [1.29, 1.82) is 0 Å². The number of nitrogens with zero attached hydrogens (tertiary/aromatic N) is 3. The van der Waals surface area contributed by atoms with Crippen LogP contribution in [0.25, 0.3) is 0 Å². The van der Waals surface area contributed by atoms with Crippen molar-refractivity contribution in [3.63, 3.8) is 0 Å². The van der Waals surface area contributed by atoms with Crippen molar-refractivity contribution in [1.82, 2.24) is 14.8 Å². The minimum Gasteiger partial charge on any atom is -0.442 e. The summed E-state index contributed by atoms with van der Waals surface area (Å²) in [5.74, 6) is 0. The van der Waals surface area contributed by atoms with Crippen LogP contribution in [-0.4, -0.2) is 43.5 Å². The second-order valence-corrected chi connectivity index (χ2v) is 5.30. The monoisotopic (exact) mass is 271 g/mol. The predicted molar refractivity (Wildman–Crippen MR) is 67.5 cm³/mol. The Morgan fingerprint density at radius 1 is 1.58 bits per heavy atom. The molecule has 0 bridgehead atoms. The molecule has 7 nitrogen and oxygen atoms in total. The van der Waals surface area contributed by atoms with E-state index in [1.54, 1.807) is 38.7 Å². The zero-order valence-electron chi connectivity index (χ0n) is 11.7. The molecule has 0 spiro atoms. The van der Waals surface area contributed by atoms with Crippen LogP contribution in [0, 0.1) is 0 Å². The van der Waals surface area contributed by atoms with Gasteiger partial charge in [-0.15, -0.1) is 0 Å². The van der Waals surface area contributed by atoms with Crippen LogP contribution in [-0.2, 0) is 11.8 Å². The van der Waals surface area contributed by atoms with Gasteiger partial charge in [-0.25, -0.2) is 4.79 Å². The Bertz CT molecular complexity index is 425. The van der Waals surface area contributed by atoms with E-state index in [-0.39, 0.29) is 13.0 Å². The molecule has 1 atom stereocenters. The number of ether oxygens (including phenoxy) is 1. The first-order valence-corrected chi connectivity index (χ1v) is 6.05. The van der Waals surface area contributed by atoms with Crippen LogP contribution in [0.2, 0.25) is 0 Å². The summed E-state index contributed by atoms with van der Waals surface area (Å²) in [4.78, 5) is 11.8. The molecule has 0 radical (unpaired) electrons.